The van der Waals surface area contributed by atoms with Gasteiger partial charge in [-0.25, -0.2) is 0 Å². The zero-order chi connectivity index (χ0) is 16.1. The van der Waals surface area contributed by atoms with Gasteiger partial charge in [-0.05, 0) is 74.7 Å². The standard InChI is InChI=1S/C19H24N2OS/c1-23-18-6-2-4-15(12-18)19(22)21-17-9-7-14(8-10-17)16-5-3-11-20-13-16/h2,4,6-7,9-10,12,14,16,20H,3,5,8,11,13H2,1H3,(H,21,22)/t14?,16-/m1/s1. The molecule has 122 valence electrons. The molecule has 1 aromatic carbocycles. The highest BCUT2D eigenvalue weighted by molar-refractivity contribution is 7.98. The van der Waals surface area contributed by atoms with Crippen molar-refractivity contribution in [2.24, 2.45) is 11.8 Å². The van der Waals surface area contributed by atoms with Crippen molar-refractivity contribution >= 4 is 17.7 Å². The van der Waals surface area contributed by atoms with Gasteiger partial charge < -0.3 is 10.6 Å². The van der Waals surface area contributed by atoms with Crippen LogP contribution in [0.5, 0.6) is 0 Å². The molecule has 0 aromatic heterocycles. The van der Waals surface area contributed by atoms with Gasteiger partial charge >= 0.3 is 0 Å². The molecule has 0 saturated carbocycles. The van der Waals surface area contributed by atoms with E-state index in [1.807, 2.05) is 30.5 Å². The second kappa shape index (κ2) is 7.84. The van der Waals surface area contributed by atoms with Crippen LogP contribution in [0.15, 0.2) is 53.1 Å². The Morgan fingerprint density at radius 3 is 3.00 bits per heavy atom. The van der Waals surface area contributed by atoms with E-state index in [1.54, 1.807) is 11.8 Å². The maximum Gasteiger partial charge on any atom is 0.255 e. The Labute approximate surface area is 142 Å². The first kappa shape index (κ1) is 16.3. The van der Waals surface area contributed by atoms with Gasteiger partial charge in [-0.2, -0.15) is 0 Å². The molecule has 1 saturated heterocycles. The third-order valence-corrected chi connectivity index (χ3v) is 5.39. The first-order chi connectivity index (χ1) is 11.3. The molecule has 1 aliphatic heterocycles. The average molecular weight is 328 g/mol. The highest BCUT2D eigenvalue weighted by Gasteiger charge is 2.22. The number of piperidine rings is 1. The molecule has 2 atom stereocenters. The number of rotatable bonds is 4. The highest BCUT2D eigenvalue weighted by atomic mass is 32.2. The minimum Gasteiger partial charge on any atom is -0.322 e. The molecule has 1 unspecified atom stereocenters. The van der Waals surface area contributed by atoms with Crippen LogP contribution in [0.3, 0.4) is 0 Å². The fourth-order valence-electron chi connectivity index (χ4n) is 3.29. The van der Waals surface area contributed by atoms with Gasteiger partial charge in [-0.15, -0.1) is 11.8 Å². The Morgan fingerprint density at radius 2 is 2.30 bits per heavy atom. The number of carbonyl (C=O) groups is 1. The van der Waals surface area contributed by atoms with Crippen molar-refractivity contribution in [3.63, 3.8) is 0 Å². The molecule has 1 fully saturated rings. The lowest BCUT2D eigenvalue weighted by atomic mass is 9.82. The Balaban J connectivity index is 1.57. The lowest BCUT2D eigenvalue weighted by molar-refractivity contribution is 0.0966. The van der Waals surface area contributed by atoms with Crippen LogP contribution in [0.25, 0.3) is 0 Å². The molecule has 3 rings (SSSR count). The quantitative estimate of drug-likeness (QED) is 0.830. The number of benzene rings is 1. The van der Waals surface area contributed by atoms with E-state index in [-0.39, 0.29) is 5.91 Å². The topological polar surface area (TPSA) is 41.1 Å². The minimum atomic E-state index is -0.0328. The lowest BCUT2D eigenvalue weighted by Crippen LogP contribution is -2.34. The molecule has 1 aliphatic carbocycles. The maximum absolute atomic E-state index is 12.4. The monoisotopic (exact) mass is 328 g/mol. The predicted octanol–water partition coefficient (Wildman–Crippen LogP) is 3.60. The van der Waals surface area contributed by atoms with Crippen LogP contribution in [0.2, 0.25) is 0 Å². The maximum atomic E-state index is 12.4. The van der Waals surface area contributed by atoms with Crippen LogP contribution >= 0.6 is 11.8 Å². The second-order valence-electron chi connectivity index (χ2n) is 6.21. The zero-order valence-electron chi connectivity index (χ0n) is 13.5. The molecule has 2 aliphatic rings. The molecule has 0 spiro atoms. The first-order valence-electron chi connectivity index (χ1n) is 8.31. The SMILES string of the molecule is CSc1cccc(C(=O)NC2=CCC([C@@H]3CCCNC3)C=C2)c1. The lowest BCUT2D eigenvalue weighted by Gasteiger charge is -2.30. The minimum absolute atomic E-state index is 0.0328. The summed E-state index contributed by atoms with van der Waals surface area (Å²) < 4.78 is 0. The molecule has 1 heterocycles. The number of hydrogen-bond donors (Lipinski definition) is 2. The molecule has 0 bridgehead atoms. The number of carbonyl (C=O) groups excluding carboxylic acids is 1. The van der Waals surface area contributed by atoms with Crippen molar-refractivity contribution in [1.82, 2.24) is 10.6 Å². The average Bonchev–Trinajstić information content (AvgIpc) is 2.63. The highest BCUT2D eigenvalue weighted by Crippen LogP contribution is 2.28. The summed E-state index contributed by atoms with van der Waals surface area (Å²) >= 11 is 1.65. The van der Waals surface area contributed by atoms with Gasteiger partial charge in [-0.3, -0.25) is 4.79 Å². The molecule has 1 amide bonds. The van der Waals surface area contributed by atoms with Gasteiger partial charge in [0, 0.05) is 16.2 Å². The van der Waals surface area contributed by atoms with E-state index in [0.717, 1.165) is 36.0 Å². The van der Waals surface area contributed by atoms with Crippen molar-refractivity contribution in [1.29, 1.82) is 0 Å². The van der Waals surface area contributed by atoms with Gasteiger partial charge in [0.05, 0.1) is 0 Å². The molecule has 0 radical (unpaired) electrons. The second-order valence-corrected chi connectivity index (χ2v) is 7.09. The smallest absolute Gasteiger partial charge is 0.255 e. The summed E-state index contributed by atoms with van der Waals surface area (Å²) in [7, 11) is 0. The van der Waals surface area contributed by atoms with Crippen LogP contribution in [0, 0.1) is 11.8 Å². The molecule has 1 aromatic rings. The van der Waals surface area contributed by atoms with Gasteiger partial charge in [0.25, 0.3) is 5.91 Å². The Kier molecular flexibility index (Phi) is 5.57. The van der Waals surface area contributed by atoms with Crippen LogP contribution in [0.1, 0.15) is 29.6 Å². The van der Waals surface area contributed by atoms with E-state index in [1.165, 1.54) is 12.8 Å². The summed E-state index contributed by atoms with van der Waals surface area (Å²) in [6, 6.07) is 7.74. The zero-order valence-corrected chi connectivity index (χ0v) is 14.4. The van der Waals surface area contributed by atoms with Gasteiger partial charge in [0.2, 0.25) is 0 Å². The normalized spacial score (nSPS) is 24.1. The molecular formula is C19H24N2OS. The van der Waals surface area contributed by atoms with Crippen molar-refractivity contribution in [3.8, 4) is 0 Å². The predicted molar refractivity (Wildman–Crippen MR) is 96.6 cm³/mol. The van der Waals surface area contributed by atoms with Crippen LogP contribution in [-0.4, -0.2) is 25.3 Å². The van der Waals surface area contributed by atoms with Crippen LogP contribution in [0.4, 0.5) is 0 Å². The van der Waals surface area contributed by atoms with E-state index in [4.69, 9.17) is 0 Å². The number of hydrogen-bond acceptors (Lipinski definition) is 3. The molecule has 2 N–H and O–H groups in total. The fraction of sp³-hybridized carbons (Fsp3) is 0.421. The van der Waals surface area contributed by atoms with E-state index >= 15 is 0 Å². The van der Waals surface area contributed by atoms with E-state index in [0.29, 0.717) is 11.5 Å². The third-order valence-electron chi connectivity index (χ3n) is 4.66. The van der Waals surface area contributed by atoms with Crippen LogP contribution in [-0.2, 0) is 0 Å². The van der Waals surface area contributed by atoms with Crippen molar-refractivity contribution in [3.05, 3.63) is 53.8 Å². The van der Waals surface area contributed by atoms with E-state index in [9.17, 15) is 4.79 Å². The largest absolute Gasteiger partial charge is 0.322 e. The Bertz CT molecular complexity index is 618. The van der Waals surface area contributed by atoms with Gasteiger partial charge in [0.15, 0.2) is 0 Å². The fourth-order valence-corrected chi connectivity index (χ4v) is 3.75. The Morgan fingerprint density at radius 1 is 1.39 bits per heavy atom. The van der Waals surface area contributed by atoms with E-state index in [2.05, 4.69) is 28.9 Å². The first-order valence-corrected chi connectivity index (χ1v) is 9.53. The summed E-state index contributed by atoms with van der Waals surface area (Å²) in [5, 5.41) is 6.50. The van der Waals surface area contributed by atoms with Crippen molar-refractivity contribution in [2.75, 3.05) is 19.3 Å². The van der Waals surface area contributed by atoms with Crippen molar-refractivity contribution in [2.45, 2.75) is 24.2 Å². The summed E-state index contributed by atoms with van der Waals surface area (Å²) in [4.78, 5) is 13.5. The summed E-state index contributed by atoms with van der Waals surface area (Å²) in [6.45, 7) is 2.27. The third kappa shape index (κ3) is 4.27. The number of thioether (sulfide) groups is 1. The van der Waals surface area contributed by atoms with Crippen LogP contribution < -0.4 is 10.6 Å². The van der Waals surface area contributed by atoms with Gasteiger partial charge in [-0.1, -0.05) is 18.2 Å². The molecule has 3 nitrogen and oxygen atoms in total. The molecule has 23 heavy (non-hydrogen) atoms. The Hall–Kier alpha value is -1.52. The number of allylic oxidation sites excluding steroid dienone is 3. The van der Waals surface area contributed by atoms with Crippen molar-refractivity contribution < 1.29 is 4.79 Å². The van der Waals surface area contributed by atoms with Gasteiger partial charge in [0.1, 0.15) is 0 Å². The number of nitrogens with one attached hydrogen (secondary N) is 2. The molecular weight excluding hydrogens is 304 g/mol. The van der Waals surface area contributed by atoms with E-state index < -0.39 is 0 Å². The molecule has 4 heteroatoms. The summed E-state index contributed by atoms with van der Waals surface area (Å²) in [5.41, 5.74) is 1.63. The number of amides is 1. The summed E-state index contributed by atoms with van der Waals surface area (Å²) in [6.07, 6.45) is 12.1. The summed E-state index contributed by atoms with van der Waals surface area (Å²) in [5.74, 6) is 1.30.